The Labute approximate surface area is 202 Å². The van der Waals surface area contributed by atoms with Gasteiger partial charge in [-0.05, 0) is 55.3 Å². The van der Waals surface area contributed by atoms with Gasteiger partial charge in [-0.1, -0.05) is 11.3 Å². The number of ether oxygens (including phenoxy) is 1. The maximum Gasteiger partial charge on any atom is 0.279 e. The molecule has 0 radical (unpaired) electrons. The predicted molar refractivity (Wildman–Crippen MR) is 129 cm³/mol. The van der Waals surface area contributed by atoms with E-state index in [1.54, 1.807) is 30.9 Å². The summed E-state index contributed by atoms with van der Waals surface area (Å²) < 4.78 is 58.3. The van der Waals surface area contributed by atoms with Crippen molar-refractivity contribution in [2.75, 3.05) is 27.0 Å². The summed E-state index contributed by atoms with van der Waals surface area (Å²) in [4.78, 5) is 17.9. The zero-order chi connectivity index (χ0) is 24.7. The van der Waals surface area contributed by atoms with Crippen molar-refractivity contribution in [1.82, 2.24) is 8.87 Å². The Morgan fingerprint density at radius 3 is 2.35 bits per heavy atom. The lowest BCUT2D eigenvalue weighted by atomic mass is 10.2. The van der Waals surface area contributed by atoms with Crippen LogP contribution in [-0.4, -0.2) is 64.7 Å². The first-order valence-corrected chi connectivity index (χ1v) is 14.7. The van der Waals surface area contributed by atoms with Gasteiger partial charge in [0.25, 0.3) is 5.91 Å². The van der Waals surface area contributed by atoms with Crippen LogP contribution in [0.3, 0.4) is 0 Å². The van der Waals surface area contributed by atoms with Crippen LogP contribution in [0.1, 0.15) is 23.2 Å². The zero-order valence-electron chi connectivity index (χ0n) is 19.0. The number of thiazole rings is 1. The molecule has 182 valence electrons. The molecule has 0 atom stereocenters. The topological polar surface area (TPSA) is 115 Å². The van der Waals surface area contributed by atoms with Gasteiger partial charge in [-0.2, -0.15) is 9.30 Å². The Bertz CT molecular complexity index is 1520. The van der Waals surface area contributed by atoms with Crippen molar-refractivity contribution >= 4 is 47.3 Å². The predicted octanol–water partition coefficient (Wildman–Crippen LogP) is 2.28. The fraction of sp³-hybridized carbons (Fsp3) is 0.364. The molecule has 34 heavy (non-hydrogen) atoms. The van der Waals surface area contributed by atoms with E-state index < -0.39 is 25.8 Å². The summed E-state index contributed by atoms with van der Waals surface area (Å²) in [6, 6.07) is 10.6. The van der Waals surface area contributed by atoms with Crippen LogP contribution in [0.2, 0.25) is 0 Å². The minimum atomic E-state index is -3.60. The van der Waals surface area contributed by atoms with Crippen molar-refractivity contribution in [1.29, 1.82) is 0 Å². The second kappa shape index (κ2) is 9.34. The number of methoxy groups -OCH3 is 1. The van der Waals surface area contributed by atoms with Gasteiger partial charge in [0, 0.05) is 38.6 Å². The van der Waals surface area contributed by atoms with Gasteiger partial charge in [0.15, 0.2) is 14.6 Å². The minimum absolute atomic E-state index is 0.0417. The molecule has 0 saturated heterocycles. The number of carbonyl (C=O) groups excluding carboxylic acids is 1. The maximum atomic E-state index is 12.9. The molecule has 0 spiro atoms. The highest BCUT2D eigenvalue weighted by Gasteiger charge is 2.35. The molecule has 1 saturated carbocycles. The third kappa shape index (κ3) is 5.01. The minimum Gasteiger partial charge on any atom is -0.383 e. The van der Waals surface area contributed by atoms with Crippen LogP contribution in [0.4, 0.5) is 0 Å². The molecule has 1 aliphatic rings. The van der Waals surface area contributed by atoms with E-state index in [1.807, 2.05) is 0 Å². The monoisotopic (exact) mass is 523 g/mol. The molecule has 0 bridgehead atoms. The van der Waals surface area contributed by atoms with Crippen molar-refractivity contribution in [3.05, 3.63) is 52.8 Å². The number of amides is 1. The number of sulfone groups is 1. The maximum absolute atomic E-state index is 12.9. The van der Waals surface area contributed by atoms with Gasteiger partial charge < -0.3 is 9.30 Å². The second-order valence-electron chi connectivity index (χ2n) is 8.12. The summed E-state index contributed by atoms with van der Waals surface area (Å²) in [5, 5.41) is 0. The van der Waals surface area contributed by atoms with Crippen LogP contribution in [0.25, 0.3) is 10.2 Å². The summed E-state index contributed by atoms with van der Waals surface area (Å²) in [6.07, 6.45) is 2.85. The summed E-state index contributed by atoms with van der Waals surface area (Å²) >= 11 is 1.20. The van der Waals surface area contributed by atoms with Crippen molar-refractivity contribution in [2.45, 2.75) is 35.2 Å². The van der Waals surface area contributed by atoms with Crippen LogP contribution in [0, 0.1) is 0 Å². The van der Waals surface area contributed by atoms with Gasteiger partial charge in [-0.25, -0.2) is 16.8 Å². The third-order valence-corrected chi connectivity index (χ3v) is 9.71. The van der Waals surface area contributed by atoms with E-state index in [4.69, 9.17) is 4.74 Å². The Hall–Kier alpha value is -2.38. The van der Waals surface area contributed by atoms with E-state index in [0.29, 0.717) is 22.7 Å². The Morgan fingerprint density at radius 2 is 1.76 bits per heavy atom. The average Bonchev–Trinajstić information content (AvgIpc) is 3.58. The van der Waals surface area contributed by atoms with E-state index in [2.05, 4.69) is 4.99 Å². The zero-order valence-corrected chi connectivity index (χ0v) is 21.4. The van der Waals surface area contributed by atoms with Gasteiger partial charge >= 0.3 is 0 Å². The highest BCUT2D eigenvalue weighted by molar-refractivity contribution is 7.90. The summed E-state index contributed by atoms with van der Waals surface area (Å²) in [5.41, 5.74) is 0.992. The SMILES string of the molecule is COCCn1c(=NC(=O)c2ccc(S(=O)(=O)N(C)C3CC3)cc2)sc2cc(S(C)(=O)=O)ccc21. The smallest absolute Gasteiger partial charge is 0.279 e. The molecule has 0 aliphatic heterocycles. The number of hydrogen-bond donors (Lipinski definition) is 0. The molecule has 2 aromatic carbocycles. The molecular weight excluding hydrogens is 498 g/mol. The molecule has 3 aromatic rings. The molecule has 1 amide bonds. The fourth-order valence-corrected chi connectivity index (χ4v) is 6.72. The van der Waals surface area contributed by atoms with Crippen LogP contribution in [0.15, 0.2) is 57.2 Å². The van der Waals surface area contributed by atoms with E-state index in [-0.39, 0.29) is 21.4 Å². The first kappa shape index (κ1) is 24.7. The van der Waals surface area contributed by atoms with Crippen LogP contribution >= 0.6 is 11.3 Å². The number of rotatable bonds is 8. The Morgan fingerprint density at radius 1 is 1.12 bits per heavy atom. The molecule has 4 rings (SSSR count). The number of hydrogen-bond acceptors (Lipinski definition) is 7. The van der Waals surface area contributed by atoms with E-state index in [1.165, 1.54) is 46.0 Å². The molecule has 1 fully saturated rings. The van der Waals surface area contributed by atoms with Crippen molar-refractivity contribution in [3.63, 3.8) is 0 Å². The summed E-state index contributed by atoms with van der Waals surface area (Å²) in [5.74, 6) is -0.527. The van der Waals surface area contributed by atoms with Gasteiger partial charge in [0.2, 0.25) is 10.0 Å². The quantitative estimate of drug-likeness (QED) is 0.447. The number of benzene rings is 2. The van der Waals surface area contributed by atoms with E-state index in [9.17, 15) is 21.6 Å². The first-order valence-electron chi connectivity index (χ1n) is 10.5. The normalized spacial score (nSPS) is 15.4. The molecule has 1 heterocycles. The number of sulfonamides is 1. The van der Waals surface area contributed by atoms with Gasteiger partial charge in [-0.15, -0.1) is 0 Å². The summed E-state index contributed by atoms with van der Waals surface area (Å²) in [7, 11) is -3.85. The van der Waals surface area contributed by atoms with Crippen molar-refractivity contribution in [3.8, 4) is 0 Å². The molecular formula is C22H25N3O6S3. The van der Waals surface area contributed by atoms with Gasteiger partial charge in [0.05, 0.1) is 26.6 Å². The van der Waals surface area contributed by atoms with Gasteiger partial charge in [0.1, 0.15) is 0 Å². The second-order valence-corrected chi connectivity index (χ2v) is 13.1. The highest BCUT2D eigenvalue weighted by atomic mass is 32.2. The van der Waals surface area contributed by atoms with Crippen LogP contribution in [-0.2, 0) is 31.1 Å². The molecule has 1 aliphatic carbocycles. The average molecular weight is 524 g/mol. The van der Waals surface area contributed by atoms with Crippen molar-refractivity contribution < 1.29 is 26.4 Å². The largest absolute Gasteiger partial charge is 0.383 e. The fourth-order valence-electron chi connectivity index (χ4n) is 3.49. The lowest BCUT2D eigenvalue weighted by Crippen LogP contribution is -2.28. The highest BCUT2D eigenvalue weighted by Crippen LogP contribution is 2.30. The lowest BCUT2D eigenvalue weighted by molar-refractivity contribution is 0.0997. The molecule has 9 nitrogen and oxygen atoms in total. The number of carbonyl (C=O) groups is 1. The summed E-state index contributed by atoms with van der Waals surface area (Å²) in [6.45, 7) is 0.799. The lowest BCUT2D eigenvalue weighted by Gasteiger charge is -2.16. The van der Waals surface area contributed by atoms with Crippen LogP contribution in [0.5, 0.6) is 0 Å². The molecule has 1 aromatic heterocycles. The number of aromatic nitrogens is 1. The van der Waals surface area contributed by atoms with Crippen molar-refractivity contribution in [2.24, 2.45) is 4.99 Å². The molecule has 0 unspecified atom stereocenters. The molecule has 0 N–H and O–H groups in total. The first-order chi connectivity index (χ1) is 16.0. The van der Waals surface area contributed by atoms with E-state index in [0.717, 1.165) is 24.6 Å². The van der Waals surface area contributed by atoms with Crippen LogP contribution < -0.4 is 4.80 Å². The third-order valence-electron chi connectivity index (χ3n) is 5.64. The number of nitrogens with zero attached hydrogens (tertiary/aromatic N) is 3. The molecule has 12 heteroatoms. The standard InChI is InChI=1S/C22H25N3O6S3/c1-24(16-6-7-16)34(29,30)17-8-4-15(5-9-17)21(26)23-22-25(12-13-31-2)19-11-10-18(33(3,27)28)14-20(19)32-22/h4-5,8-11,14,16H,6-7,12-13H2,1-3H3. The van der Waals surface area contributed by atoms with Gasteiger partial charge in [-0.3, -0.25) is 4.79 Å². The number of fused-ring (bicyclic) bond motifs is 1. The van der Waals surface area contributed by atoms with E-state index >= 15 is 0 Å². The Balaban J connectivity index is 1.70. The Kier molecular flexibility index (Phi) is 6.80.